The molecule has 0 saturated heterocycles. The van der Waals surface area contributed by atoms with Crippen molar-refractivity contribution in [1.29, 1.82) is 0 Å². The second-order valence-corrected chi connectivity index (χ2v) is 8.05. The van der Waals surface area contributed by atoms with E-state index in [4.69, 9.17) is 4.74 Å². The zero-order chi connectivity index (χ0) is 17.9. The lowest BCUT2D eigenvalue weighted by Gasteiger charge is -2.37. The molecule has 0 radical (unpaired) electrons. The topological polar surface area (TPSA) is 51.2 Å². The first-order chi connectivity index (χ1) is 11.2. The van der Waals surface area contributed by atoms with Gasteiger partial charge in [-0.2, -0.15) is 0 Å². The van der Waals surface area contributed by atoms with E-state index in [1.165, 1.54) is 12.8 Å². The fourth-order valence-electron chi connectivity index (χ4n) is 3.73. The Morgan fingerprint density at radius 3 is 2.42 bits per heavy atom. The predicted octanol–water partition coefficient (Wildman–Crippen LogP) is 4.89. The summed E-state index contributed by atoms with van der Waals surface area (Å²) >= 11 is 0. The Kier molecular flexibility index (Phi) is 5.89. The molecule has 0 unspecified atom stereocenters. The number of esters is 1. The number of carbonyl (C=O) groups is 1. The summed E-state index contributed by atoms with van der Waals surface area (Å²) in [4.78, 5) is 16.8. The maximum atomic E-state index is 12.3. The Labute approximate surface area is 146 Å². The maximum absolute atomic E-state index is 12.3. The molecule has 1 aromatic heterocycles. The Hall–Kier alpha value is -1.58. The van der Waals surface area contributed by atoms with Crippen LogP contribution in [0.15, 0.2) is 6.07 Å². The zero-order valence-electron chi connectivity index (χ0n) is 16.0. The standard InChI is InChI=1S/C20H32N2O2/c1-7-24-19(23)18-14(3)21-13(2)12-17(18)22-16-10-8-15(9-11-16)20(4,5)6/h12,15-16H,7-11H2,1-6H3,(H,21,22). The quantitative estimate of drug-likeness (QED) is 0.797. The van der Waals surface area contributed by atoms with E-state index in [1.54, 1.807) is 0 Å². The molecule has 1 aliphatic carbocycles. The van der Waals surface area contributed by atoms with Crippen molar-refractivity contribution in [2.24, 2.45) is 11.3 Å². The second kappa shape index (κ2) is 7.54. The van der Waals surface area contributed by atoms with E-state index in [2.05, 4.69) is 31.1 Å². The monoisotopic (exact) mass is 332 g/mol. The molecule has 134 valence electrons. The molecule has 4 nitrogen and oxygen atoms in total. The van der Waals surface area contributed by atoms with Crippen LogP contribution in [0.5, 0.6) is 0 Å². The first-order valence-corrected chi connectivity index (χ1v) is 9.14. The summed E-state index contributed by atoms with van der Waals surface area (Å²) in [5.41, 5.74) is 3.49. The fraction of sp³-hybridized carbons (Fsp3) is 0.700. The minimum atomic E-state index is -0.284. The first-order valence-electron chi connectivity index (χ1n) is 9.14. The Balaban J connectivity index is 2.14. The molecule has 0 bridgehead atoms. The minimum Gasteiger partial charge on any atom is -0.462 e. The molecule has 1 aliphatic rings. The van der Waals surface area contributed by atoms with Gasteiger partial charge in [0.25, 0.3) is 0 Å². The van der Waals surface area contributed by atoms with Crippen LogP contribution in [0.3, 0.4) is 0 Å². The smallest absolute Gasteiger partial charge is 0.342 e. The third kappa shape index (κ3) is 4.49. The van der Waals surface area contributed by atoms with Crippen LogP contribution in [0, 0.1) is 25.2 Å². The van der Waals surface area contributed by atoms with Crippen molar-refractivity contribution in [3.8, 4) is 0 Å². The molecule has 0 aliphatic heterocycles. The average molecular weight is 332 g/mol. The molecule has 24 heavy (non-hydrogen) atoms. The number of rotatable bonds is 4. The fourth-order valence-corrected chi connectivity index (χ4v) is 3.73. The molecule has 1 heterocycles. The largest absolute Gasteiger partial charge is 0.462 e. The molecular weight excluding hydrogens is 300 g/mol. The molecule has 2 rings (SSSR count). The van der Waals surface area contributed by atoms with Gasteiger partial charge in [-0.05, 0) is 63.9 Å². The number of nitrogens with zero attached hydrogens (tertiary/aromatic N) is 1. The van der Waals surface area contributed by atoms with Gasteiger partial charge in [-0.15, -0.1) is 0 Å². The number of anilines is 1. The molecular formula is C20H32N2O2. The van der Waals surface area contributed by atoms with Gasteiger partial charge in [0.2, 0.25) is 0 Å². The number of hydrogen-bond acceptors (Lipinski definition) is 4. The number of ether oxygens (including phenoxy) is 1. The van der Waals surface area contributed by atoms with E-state index in [-0.39, 0.29) is 5.97 Å². The summed E-state index contributed by atoms with van der Waals surface area (Å²) in [5, 5.41) is 3.60. The van der Waals surface area contributed by atoms with Crippen LogP contribution in [0.1, 0.15) is 75.1 Å². The third-order valence-corrected chi connectivity index (χ3v) is 5.12. The number of pyridine rings is 1. The summed E-state index contributed by atoms with van der Waals surface area (Å²) in [5.74, 6) is 0.495. The van der Waals surface area contributed by atoms with Gasteiger partial charge in [0.1, 0.15) is 5.56 Å². The number of hydrogen-bond donors (Lipinski definition) is 1. The van der Waals surface area contributed by atoms with Gasteiger partial charge in [-0.25, -0.2) is 4.79 Å². The molecule has 1 saturated carbocycles. The van der Waals surface area contributed by atoms with Crippen molar-refractivity contribution < 1.29 is 9.53 Å². The highest BCUT2D eigenvalue weighted by Gasteiger charge is 2.30. The normalized spacial score (nSPS) is 21.4. The Morgan fingerprint density at radius 1 is 1.25 bits per heavy atom. The molecule has 1 aromatic rings. The highest BCUT2D eigenvalue weighted by Crippen LogP contribution is 2.38. The summed E-state index contributed by atoms with van der Waals surface area (Å²) < 4.78 is 5.22. The van der Waals surface area contributed by atoms with E-state index < -0.39 is 0 Å². The molecule has 0 amide bonds. The average Bonchev–Trinajstić information content (AvgIpc) is 2.46. The minimum absolute atomic E-state index is 0.284. The molecule has 0 aromatic carbocycles. The lowest BCUT2D eigenvalue weighted by molar-refractivity contribution is 0.0526. The highest BCUT2D eigenvalue weighted by atomic mass is 16.5. The van der Waals surface area contributed by atoms with Gasteiger partial charge in [0.15, 0.2) is 0 Å². The second-order valence-electron chi connectivity index (χ2n) is 8.05. The van der Waals surface area contributed by atoms with Crippen molar-refractivity contribution in [3.63, 3.8) is 0 Å². The van der Waals surface area contributed by atoms with E-state index in [0.29, 0.717) is 23.6 Å². The Bertz CT molecular complexity index is 582. The SMILES string of the molecule is CCOC(=O)c1c(NC2CCC(C(C)(C)C)CC2)cc(C)nc1C. The van der Waals surface area contributed by atoms with Crippen LogP contribution in [0.25, 0.3) is 0 Å². The van der Waals surface area contributed by atoms with Crippen molar-refractivity contribution >= 4 is 11.7 Å². The summed E-state index contributed by atoms with van der Waals surface area (Å²) in [7, 11) is 0. The number of aromatic nitrogens is 1. The van der Waals surface area contributed by atoms with Crippen LogP contribution in [-0.4, -0.2) is 23.6 Å². The van der Waals surface area contributed by atoms with E-state index >= 15 is 0 Å². The van der Waals surface area contributed by atoms with Gasteiger partial charge in [0.05, 0.1) is 18.0 Å². The first kappa shape index (κ1) is 18.8. The number of aryl methyl sites for hydroxylation is 2. The summed E-state index contributed by atoms with van der Waals surface area (Å²) in [6.45, 7) is 13.0. The number of carbonyl (C=O) groups excluding carboxylic acids is 1. The van der Waals surface area contributed by atoms with Crippen LogP contribution < -0.4 is 5.32 Å². The van der Waals surface area contributed by atoms with Gasteiger partial charge in [-0.1, -0.05) is 20.8 Å². The van der Waals surface area contributed by atoms with Crippen molar-refractivity contribution in [1.82, 2.24) is 4.98 Å². The van der Waals surface area contributed by atoms with Gasteiger partial charge < -0.3 is 10.1 Å². The lowest BCUT2D eigenvalue weighted by Crippen LogP contribution is -2.32. The zero-order valence-corrected chi connectivity index (χ0v) is 16.0. The highest BCUT2D eigenvalue weighted by molar-refractivity contribution is 5.96. The van der Waals surface area contributed by atoms with Gasteiger partial charge in [0, 0.05) is 11.7 Å². The van der Waals surface area contributed by atoms with Gasteiger partial charge >= 0.3 is 5.97 Å². The van der Waals surface area contributed by atoms with E-state index in [0.717, 1.165) is 35.8 Å². The molecule has 1 fully saturated rings. The molecule has 1 N–H and O–H groups in total. The van der Waals surface area contributed by atoms with Crippen molar-refractivity contribution in [2.45, 2.75) is 73.3 Å². The van der Waals surface area contributed by atoms with Crippen LogP contribution in [0.4, 0.5) is 5.69 Å². The molecule has 0 spiro atoms. The van der Waals surface area contributed by atoms with Crippen LogP contribution in [0.2, 0.25) is 0 Å². The van der Waals surface area contributed by atoms with Crippen molar-refractivity contribution in [2.75, 3.05) is 11.9 Å². The molecule has 0 atom stereocenters. The lowest BCUT2D eigenvalue weighted by atomic mass is 9.71. The van der Waals surface area contributed by atoms with Crippen LogP contribution in [-0.2, 0) is 4.74 Å². The Morgan fingerprint density at radius 2 is 1.88 bits per heavy atom. The third-order valence-electron chi connectivity index (χ3n) is 5.12. The summed E-state index contributed by atoms with van der Waals surface area (Å²) in [6, 6.07) is 2.38. The van der Waals surface area contributed by atoms with E-state index in [9.17, 15) is 4.79 Å². The maximum Gasteiger partial charge on any atom is 0.342 e. The number of nitrogens with one attached hydrogen (secondary N) is 1. The molecule has 4 heteroatoms. The van der Waals surface area contributed by atoms with Gasteiger partial charge in [-0.3, -0.25) is 4.98 Å². The summed E-state index contributed by atoms with van der Waals surface area (Å²) in [6.07, 6.45) is 4.76. The predicted molar refractivity (Wildman–Crippen MR) is 98.5 cm³/mol. The van der Waals surface area contributed by atoms with Crippen LogP contribution >= 0.6 is 0 Å². The van der Waals surface area contributed by atoms with E-state index in [1.807, 2.05) is 26.8 Å². The van der Waals surface area contributed by atoms with Crippen molar-refractivity contribution in [3.05, 3.63) is 23.0 Å².